The number of nitrogens with one attached hydrogen (secondary N) is 2. The molecule has 14 nitrogen and oxygen atoms in total. The van der Waals surface area contributed by atoms with E-state index in [-0.39, 0.29) is 18.3 Å². The van der Waals surface area contributed by atoms with E-state index in [2.05, 4.69) is 30.7 Å². The molecular weight excluding hydrogens is 501 g/mol. The molecule has 2 aliphatic rings. The Labute approximate surface area is 216 Å². The minimum absolute atomic E-state index is 0.108. The third-order valence-corrected chi connectivity index (χ3v) is 7.27. The first-order valence-electron chi connectivity index (χ1n) is 12.8. The number of ether oxygens (including phenoxy) is 1. The van der Waals surface area contributed by atoms with Gasteiger partial charge in [-0.3, -0.25) is 9.25 Å². The van der Waals surface area contributed by atoms with Crippen LogP contribution in [0.1, 0.15) is 31.9 Å². The van der Waals surface area contributed by atoms with Gasteiger partial charge in [-0.25, -0.2) is 0 Å². The van der Waals surface area contributed by atoms with Crippen LogP contribution in [-0.4, -0.2) is 109 Å². The van der Waals surface area contributed by atoms with E-state index in [9.17, 15) is 9.67 Å². The molecule has 2 saturated heterocycles. The second-order valence-corrected chi connectivity index (χ2v) is 11.4. The predicted molar refractivity (Wildman–Crippen MR) is 139 cm³/mol. The van der Waals surface area contributed by atoms with Crippen molar-refractivity contribution in [1.82, 2.24) is 29.9 Å². The van der Waals surface area contributed by atoms with Crippen LogP contribution in [-0.2, 0) is 22.4 Å². The molecule has 0 bridgehead atoms. The highest BCUT2D eigenvalue weighted by Crippen LogP contribution is 2.34. The molecule has 37 heavy (non-hydrogen) atoms. The Morgan fingerprint density at radius 3 is 2.62 bits per heavy atom. The third-order valence-electron chi connectivity index (χ3n) is 6.48. The van der Waals surface area contributed by atoms with Crippen LogP contribution >= 0.6 is 7.60 Å². The number of aliphatic hydroxyl groups is 1. The van der Waals surface area contributed by atoms with Gasteiger partial charge in [0.1, 0.15) is 17.3 Å². The maximum Gasteiger partial charge on any atom is 0.326 e. The van der Waals surface area contributed by atoms with Crippen LogP contribution < -0.4 is 15.5 Å². The summed E-state index contributed by atoms with van der Waals surface area (Å²) in [5, 5.41) is 24.6. The van der Waals surface area contributed by atoms with Gasteiger partial charge in [0.15, 0.2) is 0 Å². The first-order chi connectivity index (χ1) is 17.7. The Bertz CT molecular complexity index is 1040. The average molecular weight is 540 g/mol. The Morgan fingerprint density at radius 1 is 1.16 bits per heavy atom. The van der Waals surface area contributed by atoms with E-state index in [1.54, 1.807) is 11.6 Å². The zero-order valence-corrected chi connectivity index (χ0v) is 22.1. The van der Waals surface area contributed by atoms with Crippen molar-refractivity contribution in [3.05, 3.63) is 18.0 Å². The Kier molecular flexibility index (Phi) is 9.68. The lowest BCUT2D eigenvalue weighted by atomic mass is 10.1. The smallest absolute Gasteiger partial charge is 0.326 e. The number of hydrogen-bond acceptors (Lipinski definition) is 11. The Hall–Kier alpha value is -2.35. The van der Waals surface area contributed by atoms with Crippen molar-refractivity contribution in [1.29, 1.82) is 0 Å². The molecule has 2 aromatic heterocycles. The molecule has 0 spiro atoms. The van der Waals surface area contributed by atoms with E-state index in [0.717, 1.165) is 56.4 Å². The number of anilines is 3. The summed E-state index contributed by atoms with van der Waals surface area (Å²) in [5.41, 5.74) is 0.753. The molecule has 4 rings (SSSR count). The van der Waals surface area contributed by atoms with Gasteiger partial charge in [0.2, 0.25) is 5.95 Å². The van der Waals surface area contributed by atoms with Crippen molar-refractivity contribution in [2.45, 2.75) is 51.4 Å². The van der Waals surface area contributed by atoms with Crippen LogP contribution in [0.15, 0.2) is 12.3 Å². The molecule has 0 radical (unpaired) electrons. The van der Waals surface area contributed by atoms with E-state index in [0.29, 0.717) is 45.2 Å². The van der Waals surface area contributed by atoms with Crippen LogP contribution in [0.5, 0.6) is 0 Å². The summed E-state index contributed by atoms with van der Waals surface area (Å²) in [6, 6.07) is 2.17. The number of piperidine rings is 1. The van der Waals surface area contributed by atoms with Crippen molar-refractivity contribution in [2.75, 3.05) is 67.6 Å². The second kappa shape index (κ2) is 12.9. The lowest BCUT2D eigenvalue weighted by molar-refractivity contribution is 0.122. The van der Waals surface area contributed by atoms with Crippen molar-refractivity contribution in [3.63, 3.8) is 0 Å². The highest BCUT2D eigenvalue weighted by molar-refractivity contribution is 7.51. The summed E-state index contributed by atoms with van der Waals surface area (Å²) in [7, 11) is -3.98. The molecule has 15 heteroatoms. The average Bonchev–Trinajstić information content (AvgIpc) is 3.34. The van der Waals surface area contributed by atoms with Gasteiger partial charge in [-0.2, -0.15) is 9.97 Å². The molecule has 206 valence electrons. The fraction of sp³-hybridized carbons (Fsp3) is 0.727. The molecule has 2 fully saturated rings. The maximum atomic E-state index is 11.2. The first-order valence-corrected chi connectivity index (χ1v) is 14.6. The molecule has 1 atom stereocenters. The minimum atomic E-state index is -3.98. The van der Waals surface area contributed by atoms with Gasteiger partial charge in [0.25, 0.3) is 0 Å². The van der Waals surface area contributed by atoms with E-state index < -0.39 is 7.60 Å². The number of aliphatic hydroxyl groups excluding tert-OH is 1. The van der Waals surface area contributed by atoms with E-state index in [1.807, 2.05) is 12.3 Å². The van der Waals surface area contributed by atoms with Crippen LogP contribution in [0.25, 0.3) is 0 Å². The second-order valence-electron chi connectivity index (χ2n) is 9.65. The zero-order valence-electron chi connectivity index (χ0n) is 21.2. The molecule has 4 heterocycles. The Morgan fingerprint density at radius 2 is 1.92 bits per heavy atom. The van der Waals surface area contributed by atoms with Crippen molar-refractivity contribution in [2.24, 2.45) is 0 Å². The molecule has 1 unspecified atom stereocenters. The van der Waals surface area contributed by atoms with Crippen molar-refractivity contribution in [3.8, 4) is 0 Å². The number of rotatable bonds is 12. The third kappa shape index (κ3) is 9.16. The largest absolute Gasteiger partial charge is 0.393 e. The quantitative estimate of drug-likeness (QED) is 0.234. The van der Waals surface area contributed by atoms with Gasteiger partial charge in [-0.1, -0.05) is 5.21 Å². The number of hydrogen-bond donors (Lipinski definition) is 5. The number of aromatic nitrogens is 5. The fourth-order valence-electron chi connectivity index (χ4n) is 4.34. The molecule has 0 amide bonds. The summed E-state index contributed by atoms with van der Waals surface area (Å²) >= 11 is 0. The van der Waals surface area contributed by atoms with Gasteiger partial charge in [0.05, 0.1) is 38.2 Å². The van der Waals surface area contributed by atoms with Crippen LogP contribution in [0, 0.1) is 0 Å². The predicted octanol–water partition coefficient (Wildman–Crippen LogP) is 0.342. The van der Waals surface area contributed by atoms with E-state index in [4.69, 9.17) is 24.5 Å². The molecule has 0 aromatic carbocycles. The van der Waals surface area contributed by atoms with Gasteiger partial charge < -0.3 is 40.1 Å². The zero-order chi connectivity index (χ0) is 26.3. The van der Waals surface area contributed by atoms with Crippen LogP contribution in [0.2, 0.25) is 0 Å². The molecule has 2 aromatic rings. The van der Waals surface area contributed by atoms with Gasteiger partial charge in [-0.15, -0.1) is 5.10 Å². The number of likely N-dealkylation sites (tertiary alicyclic amines) is 1. The minimum Gasteiger partial charge on any atom is -0.393 e. The summed E-state index contributed by atoms with van der Waals surface area (Å²) in [5.74, 6) is 2.04. The normalized spacial score (nSPS) is 18.6. The highest BCUT2D eigenvalue weighted by Gasteiger charge is 2.23. The Balaban J connectivity index is 1.38. The first kappa shape index (κ1) is 27.7. The summed E-state index contributed by atoms with van der Waals surface area (Å²) < 4.78 is 18.4. The molecule has 5 N–H and O–H groups in total. The van der Waals surface area contributed by atoms with E-state index >= 15 is 0 Å². The highest BCUT2D eigenvalue weighted by atomic mass is 31.2. The van der Waals surface area contributed by atoms with Crippen LogP contribution in [0.3, 0.4) is 0 Å². The lowest BCUT2D eigenvalue weighted by Gasteiger charge is -2.33. The standard InChI is InChI=1S/C22H38N9O5P/c1-17(32)2-7-31-16-19(27-28-31)15-23-22-25-20(14-21(26-22)30-8-11-36-12-9-30)24-18-3-5-29(6-4-18)10-13-37(33,34)35/h14,16-18,32H,2-13,15H2,1H3,(H2,33,34,35)(H2,23,24,25,26). The summed E-state index contributed by atoms with van der Waals surface area (Å²) in [6.45, 7) is 7.53. The number of aryl methyl sites for hydroxylation is 1. The van der Waals surface area contributed by atoms with Crippen LogP contribution in [0.4, 0.5) is 17.6 Å². The summed E-state index contributed by atoms with van der Waals surface area (Å²) in [6.07, 6.45) is 3.68. The SMILES string of the molecule is CC(O)CCn1cc(CNc2nc(NC3CCN(CCP(=O)(O)O)CC3)cc(N3CCOCC3)n2)nn1. The maximum absolute atomic E-state index is 11.2. The fourth-order valence-corrected chi connectivity index (χ4v) is 4.88. The van der Waals surface area contributed by atoms with Crippen molar-refractivity contribution < 1.29 is 24.2 Å². The van der Waals surface area contributed by atoms with Gasteiger partial charge in [0, 0.05) is 51.4 Å². The van der Waals surface area contributed by atoms with Gasteiger partial charge >= 0.3 is 7.60 Å². The molecular formula is C22H38N9O5P. The summed E-state index contributed by atoms with van der Waals surface area (Å²) in [4.78, 5) is 32.0. The molecule has 0 aliphatic carbocycles. The van der Waals surface area contributed by atoms with E-state index in [1.165, 1.54) is 0 Å². The van der Waals surface area contributed by atoms with Crippen molar-refractivity contribution >= 4 is 25.2 Å². The lowest BCUT2D eigenvalue weighted by Crippen LogP contribution is -2.40. The van der Waals surface area contributed by atoms with Gasteiger partial charge in [-0.05, 0) is 26.2 Å². The molecule has 0 saturated carbocycles. The topological polar surface area (TPSA) is 174 Å². The monoisotopic (exact) mass is 539 g/mol. The number of nitrogens with zero attached hydrogens (tertiary/aromatic N) is 7. The molecule has 2 aliphatic heterocycles. The number of morpholine rings is 1.